The van der Waals surface area contributed by atoms with Crippen LogP contribution in [0.5, 0.6) is 0 Å². The summed E-state index contributed by atoms with van der Waals surface area (Å²) in [7, 11) is 0. The fourth-order valence-corrected chi connectivity index (χ4v) is 8.01. The molecular weight excluding hydrogens is 657 g/mol. The van der Waals surface area contributed by atoms with E-state index in [-0.39, 0.29) is 11.6 Å². The number of fused-ring (bicyclic) bond motifs is 7. The van der Waals surface area contributed by atoms with Crippen LogP contribution >= 0.6 is 0 Å². The summed E-state index contributed by atoms with van der Waals surface area (Å²) in [5, 5.41) is 7.01. The van der Waals surface area contributed by atoms with E-state index in [1.165, 1.54) is 45.8 Å². The first-order valence-electron chi connectivity index (χ1n) is 17.9. The van der Waals surface area contributed by atoms with Gasteiger partial charge in [-0.05, 0) is 107 Å². The summed E-state index contributed by atoms with van der Waals surface area (Å²) in [5.74, 6) is -0.463. The number of aromatic nitrogens is 2. The average Bonchev–Trinajstić information content (AvgIpc) is 3.68. The van der Waals surface area contributed by atoms with Crippen LogP contribution in [0.25, 0.3) is 54.4 Å². The molecule has 0 bridgehead atoms. The van der Waals surface area contributed by atoms with Crippen LogP contribution in [0, 0.1) is 11.6 Å². The van der Waals surface area contributed by atoms with E-state index in [2.05, 4.69) is 141 Å². The van der Waals surface area contributed by atoms with Gasteiger partial charge in [0.15, 0.2) is 0 Å². The molecule has 53 heavy (non-hydrogen) atoms. The van der Waals surface area contributed by atoms with E-state index >= 15 is 0 Å². The Morgan fingerprint density at radius 1 is 0.358 bits per heavy atom. The van der Waals surface area contributed by atoms with Gasteiger partial charge in [-0.15, -0.1) is 0 Å². The Bertz CT molecular complexity index is 2810. The number of hydrogen-bond donors (Lipinski definition) is 0. The van der Waals surface area contributed by atoms with Crippen LogP contribution in [0.1, 0.15) is 11.1 Å². The molecule has 10 aromatic rings. The molecule has 0 aliphatic rings. The largest absolute Gasteiger partial charge is 0.336 e. The Balaban J connectivity index is 1.17. The Hall–Kier alpha value is -6.72. The van der Waals surface area contributed by atoms with Crippen molar-refractivity contribution < 1.29 is 8.78 Å². The second-order valence-electron chi connectivity index (χ2n) is 13.7. The first-order valence-corrected chi connectivity index (χ1v) is 17.9. The van der Waals surface area contributed by atoms with Crippen molar-refractivity contribution >= 4 is 71.4 Å². The maximum atomic E-state index is 13.8. The van der Waals surface area contributed by atoms with Gasteiger partial charge in [0.2, 0.25) is 0 Å². The number of anilines is 3. The molecule has 0 spiro atoms. The van der Waals surface area contributed by atoms with Crippen molar-refractivity contribution in [1.29, 1.82) is 0 Å². The number of halogens is 2. The van der Waals surface area contributed by atoms with Crippen molar-refractivity contribution in [2.45, 2.75) is 13.1 Å². The quantitative estimate of drug-likeness (QED) is 0.162. The highest BCUT2D eigenvalue weighted by Crippen LogP contribution is 2.42. The summed E-state index contributed by atoms with van der Waals surface area (Å²) >= 11 is 0. The number of benzene rings is 8. The Morgan fingerprint density at radius 2 is 0.774 bits per heavy atom. The van der Waals surface area contributed by atoms with Crippen LogP contribution in [0.2, 0.25) is 0 Å². The summed E-state index contributed by atoms with van der Waals surface area (Å²) in [6.07, 6.45) is 0. The van der Waals surface area contributed by atoms with Gasteiger partial charge in [0.25, 0.3) is 0 Å². The highest BCUT2D eigenvalue weighted by atomic mass is 19.1. The van der Waals surface area contributed by atoms with Crippen molar-refractivity contribution in [1.82, 2.24) is 9.13 Å². The lowest BCUT2D eigenvalue weighted by molar-refractivity contribution is 0.626. The van der Waals surface area contributed by atoms with Crippen molar-refractivity contribution in [3.63, 3.8) is 0 Å². The van der Waals surface area contributed by atoms with E-state index in [1.54, 1.807) is 0 Å². The molecule has 3 nitrogen and oxygen atoms in total. The highest BCUT2D eigenvalue weighted by molar-refractivity contribution is 6.11. The predicted molar refractivity (Wildman–Crippen MR) is 216 cm³/mol. The summed E-state index contributed by atoms with van der Waals surface area (Å²) in [4.78, 5) is 2.35. The van der Waals surface area contributed by atoms with Gasteiger partial charge in [-0.1, -0.05) is 91.0 Å². The zero-order chi connectivity index (χ0) is 35.5. The first-order chi connectivity index (χ1) is 26.1. The van der Waals surface area contributed by atoms with Gasteiger partial charge in [0.1, 0.15) is 11.6 Å². The standard InChI is InChI=1S/C48H33F2N3/c49-36-18-13-32(14-19-36)30-51-45-11-5-3-9-41(45)43-28-39(23-25-47(43)51)53(38-22-17-34-7-1-2-8-35(34)27-38)40-24-26-48-44(29-40)42-10-4-6-12-46(42)52(48)31-33-15-20-37(50)21-16-33/h1-29H,30-31H2. The van der Waals surface area contributed by atoms with E-state index in [0.717, 1.165) is 61.0 Å². The van der Waals surface area contributed by atoms with Gasteiger partial charge in [0.05, 0.1) is 0 Å². The van der Waals surface area contributed by atoms with Gasteiger partial charge in [-0.2, -0.15) is 0 Å². The third-order valence-corrected chi connectivity index (χ3v) is 10.5. The number of nitrogens with zero attached hydrogens (tertiary/aromatic N) is 3. The first kappa shape index (κ1) is 31.1. The molecule has 0 saturated carbocycles. The molecule has 0 aliphatic carbocycles. The second-order valence-corrected chi connectivity index (χ2v) is 13.7. The van der Waals surface area contributed by atoms with Crippen molar-refractivity contribution in [3.8, 4) is 0 Å². The molecule has 0 N–H and O–H groups in total. The van der Waals surface area contributed by atoms with Crippen LogP contribution in [-0.2, 0) is 13.1 Å². The van der Waals surface area contributed by atoms with E-state index in [0.29, 0.717) is 13.1 Å². The van der Waals surface area contributed by atoms with E-state index < -0.39 is 0 Å². The molecule has 0 amide bonds. The van der Waals surface area contributed by atoms with Gasteiger partial charge in [-0.25, -0.2) is 8.78 Å². The van der Waals surface area contributed by atoms with Crippen LogP contribution in [-0.4, -0.2) is 9.13 Å². The Kier molecular flexibility index (Phi) is 7.32. The number of hydrogen-bond acceptors (Lipinski definition) is 1. The molecule has 0 fully saturated rings. The van der Waals surface area contributed by atoms with Crippen molar-refractivity contribution in [2.24, 2.45) is 0 Å². The maximum absolute atomic E-state index is 13.8. The van der Waals surface area contributed by atoms with Crippen molar-refractivity contribution in [3.05, 3.63) is 199 Å². The minimum absolute atomic E-state index is 0.231. The molecule has 10 rings (SSSR count). The zero-order valence-corrected chi connectivity index (χ0v) is 28.8. The van der Waals surface area contributed by atoms with E-state index in [4.69, 9.17) is 0 Å². The predicted octanol–water partition coefficient (Wildman–Crippen LogP) is 12.9. The fourth-order valence-electron chi connectivity index (χ4n) is 8.01. The minimum atomic E-state index is -0.231. The van der Waals surface area contributed by atoms with Gasteiger partial charge < -0.3 is 14.0 Å². The molecule has 8 aromatic carbocycles. The smallest absolute Gasteiger partial charge is 0.123 e. The average molecular weight is 690 g/mol. The van der Waals surface area contributed by atoms with Crippen LogP contribution in [0.4, 0.5) is 25.8 Å². The zero-order valence-electron chi connectivity index (χ0n) is 28.8. The van der Waals surface area contributed by atoms with Gasteiger partial charge >= 0.3 is 0 Å². The molecule has 5 heteroatoms. The van der Waals surface area contributed by atoms with Crippen LogP contribution in [0.3, 0.4) is 0 Å². The second kappa shape index (κ2) is 12.5. The Morgan fingerprint density at radius 3 is 1.30 bits per heavy atom. The fraction of sp³-hybridized carbons (Fsp3) is 0.0417. The van der Waals surface area contributed by atoms with E-state index in [1.807, 2.05) is 24.3 Å². The molecule has 2 aromatic heterocycles. The SMILES string of the molecule is Fc1ccc(Cn2c3ccccc3c3cc(N(c4ccc5ccccc5c4)c4ccc5c(c4)c4ccccc4n5Cc4ccc(F)cc4)ccc32)cc1. The molecule has 254 valence electrons. The molecule has 0 unspecified atom stereocenters. The number of rotatable bonds is 7. The monoisotopic (exact) mass is 689 g/mol. The molecular formula is C48H33F2N3. The van der Waals surface area contributed by atoms with Crippen molar-refractivity contribution in [2.75, 3.05) is 4.90 Å². The summed E-state index contributed by atoms with van der Waals surface area (Å²) < 4.78 is 32.2. The summed E-state index contributed by atoms with van der Waals surface area (Å²) in [6, 6.07) is 59.2. The molecule has 0 atom stereocenters. The summed E-state index contributed by atoms with van der Waals surface area (Å²) in [6.45, 7) is 1.27. The molecule has 0 aliphatic heterocycles. The van der Waals surface area contributed by atoms with Crippen LogP contribution in [0.15, 0.2) is 176 Å². The maximum Gasteiger partial charge on any atom is 0.123 e. The lowest BCUT2D eigenvalue weighted by Crippen LogP contribution is -2.10. The number of para-hydroxylation sites is 2. The minimum Gasteiger partial charge on any atom is -0.336 e. The van der Waals surface area contributed by atoms with Gasteiger partial charge in [0, 0.05) is 73.8 Å². The topological polar surface area (TPSA) is 13.1 Å². The molecule has 0 radical (unpaired) electrons. The molecule has 2 heterocycles. The lowest BCUT2D eigenvalue weighted by atomic mass is 10.1. The summed E-state index contributed by atoms with van der Waals surface area (Å²) in [5.41, 5.74) is 9.76. The van der Waals surface area contributed by atoms with Crippen LogP contribution < -0.4 is 4.90 Å². The highest BCUT2D eigenvalue weighted by Gasteiger charge is 2.19. The Labute approximate surface area is 305 Å². The lowest BCUT2D eigenvalue weighted by Gasteiger charge is -2.26. The van der Waals surface area contributed by atoms with E-state index in [9.17, 15) is 8.78 Å². The third-order valence-electron chi connectivity index (χ3n) is 10.5. The third kappa shape index (κ3) is 5.40. The normalized spacial score (nSPS) is 11.7. The van der Waals surface area contributed by atoms with Gasteiger partial charge in [-0.3, -0.25) is 0 Å². The molecule has 0 saturated heterocycles.